The number of carbonyl (C=O) groups is 2. The first-order valence-corrected chi connectivity index (χ1v) is 13.7. The molecule has 1 unspecified atom stereocenters. The fourth-order valence-corrected chi connectivity index (χ4v) is 5.76. The van der Waals surface area contributed by atoms with Crippen molar-refractivity contribution in [1.29, 1.82) is 0 Å². The molecule has 4 aromatic rings. The molecule has 0 aliphatic carbocycles. The molecule has 9 heteroatoms. The molecule has 0 saturated heterocycles. The lowest BCUT2D eigenvalue weighted by atomic mass is 9.95. The van der Waals surface area contributed by atoms with Crippen molar-refractivity contribution in [3.05, 3.63) is 82.5 Å². The van der Waals surface area contributed by atoms with Crippen LogP contribution < -0.4 is 14.4 Å². The number of aryl methyl sites for hydroxylation is 2. The van der Waals surface area contributed by atoms with Crippen LogP contribution in [0.2, 0.25) is 0 Å². The maximum Gasteiger partial charge on any atom is 0.296 e. The second-order valence-electron chi connectivity index (χ2n) is 9.51. The van der Waals surface area contributed by atoms with Gasteiger partial charge in [0.15, 0.2) is 28.1 Å². The summed E-state index contributed by atoms with van der Waals surface area (Å²) in [6, 6.07) is 13.3. The molecule has 0 saturated carbocycles. The van der Waals surface area contributed by atoms with Crippen LogP contribution in [0.15, 0.2) is 64.3 Å². The molecule has 0 bridgehead atoms. The van der Waals surface area contributed by atoms with Crippen LogP contribution in [0.4, 0.5) is 5.13 Å². The van der Waals surface area contributed by atoms with E-state index >= 15 is 0 Å². The number of fused-ring (bicyclic) bond motifs is 1. The second kappa shape index (κ2) is 10.9. The van der Waals surface area contributed by atoms with Crippen LogP contribution >= 0.6 is 11.3 Å². The number of nitrogens with zero attached hydrogens (tertiary/aromatic N) is 2. The Bertz CT molecular complexity index is 1580. The summed E-state index contributed by atoms with van der Waals surface area (Å²) in [6.45, 7) is 6.38. The monoisotopic (exact) mass is 546 g/mol. The third kappa shape index (κ3) is 5.02. The minimum Gasteiger partial charge on any atom is -0.503 e. The molecule has 5 rings (SSSR count). The number of furan rings is 1. The predicted octanol–water partition coefficient (Wildman–Crippen LogP) is 6.87. The normalized spacial score (nSPS) is 15.4. The Morgan fingerprint density at radius 1 is 1.10 bits per heavy atom. The fourth-order valence-electron chi connectivity index (χ4n) is 4.67. The summed E-state index contributed by atoms with van der Waals surface area (Å²) in [5, 5.41) is 11.4. The summed E-state index contributed by atoms with van der Waals surface area (Å²) in [5.74, 6) is -0.304. The maximum absolute atomic E-state index is 13.7. The van der Waals surface area contributed by atoms with Gasteiger partial charge in [0.1, 0.15) is 5.76 Å². The first-order chi connectivity index (χ1) is 18.8. The van der Waals surface area contributed by atoms with E-state index in [0.29, 0.717) is 34.6 Å². The van der Waals surface area contributed by atoms with Crippen LogP contribution in [0.5, 0.6) is 11.5 Å². The third-order valence-electron chi connectivity index (χ3n) is 6.66. The average molecular weight is 547 g/mol. The van der Waals surface area contributed by atoms with Crippen molar-refractivity contribution in [3.8, 4) is 11.5 Å². The highest BCUT2D eigenvalue weighted by atomic mass is 32.1. The van der Waals surface area contributed by atoms with E-state index in [1.54, 1.807) is 31.2 Å². The second-order valence-corrected chi connectivity index (χ2v) is 10.5. The number of benzene rings is 2. The van der Waals surface area contributed by atoms with Crippen molar-refractivity contribution in [2.75, 3.05) is 18.6 Å². The summed E-state index contributed by atoms with van der Waals surface area (Å²) >= 11 is 1.32. The molecule has 1 aliphatic rings. The number of ether oxygens (including phenoxy) is 2. The summed E-state index contributed by atoms with van der Waals surface area (Å²) in [4.78, 5) is 33.3. The minimum absolute atomic E-state index is 0.0384. The lowest BCUT2D eigenvalue weighted by Crippen LogP contribution is -2.31. The molecule has 1 atom stereocenters. The van der Waals surface area contributed by atoms with Gasteiger partial charge in [-0.15, -0.1) is 0 Å². The Morgan fingerprint density at radius 2 is 1.92 bits per heavy atom. The fraction of sp³-hybridized carbons (Fsp3) is 0.300. The van der Waals surface area contributed by atoms with Gasteiger partial charge in [-0.05, 0) is 67.8 Å². The highest BCUT2D eigenvalue weighted by molar-refractivity contribution is 7.22. The molecule has 1 N–H and O–H groups in total. The highest BCUT2D eigenvalue weighted by Crippen LogP contribution is 2.46. The van der Waals surface area contributed by atoms with Crippen LogP contribution in [-0.2, 0) is 4.79 Å². The number of unbranched alkanes of at least 4 members (excludes halogenated alkanes) is 2. The van der Waals surface area contributed by atoms with Crippen molar-refractivity contribution in [3.63, 3.8) is 0 Å². The number of hydrogen-bond acceptors (Lipinski definition) is 8. The van der Waals surface area contributed by atoms with E-state index in [9.17, 15) is 14.7 Å². The quantitative estimate of drug-likeness (QED) is 0.171. The van der Waals surface area contributed by atoms with Crippen molar-refractivity contribution in [2.24, 2.45) is 0 Å². The summed E-state index contributed by atoms with van der Waals surface area (Å²) < 4.78 is 18.0. The number of amides is 1. The number of carbonyl (C=O) groups excluding carboxylic acids is 2. The van der Waals surface area contributed by atoms with Crippen molar-refractivity contribution in [1.82, 2.24) is 4.98 Å². The van der Waals surface area contributed by atoms with Crippen LogP contribution in [-0.4, -0.2) is 35.5 Å². The number of aromatic nitrogens is 1. The Kier molecular flexibility index (Phi) is 7.43. The number of methoxy groups -OCH3 is 1. The van der Waals surface area contributed by atoms with Gasteiger partial charge in [0, 0.05) is 0 Å². The zero-order chi connectivity index (χ0) is 27.7. The molecule has 2 aromatic carbocycles. The van der Waals surface area contributed by atoms with E-state index in [1.165, 1.54) is 29.4 Å². The molecular weight excluding hydrogens is 516 g/mol. The van der Waals surface area contributed by atoms with E-state index in [1.807, 2.05) is 25.1 Å². The van der Waals surface area contributed by atoms with E-state index in [4.69, 9.17) is 13.9 Å². The molecule has 3 heterocycles. The molecule has 0 radical (unpaired) electrons. The smallest absolute Gasteiger partial charge is 0.296 e. The maximum atomic E-state index is 13.7. The van der Waals surface area contributed by atoms with Crippen LogP contribution in [0.25, 0.3) is 10.2 Å². The van der Waals surface area contributed by atoms with E-state index in [2.05, 4.69) is 11.9 Å². The van der Waals surface area contributed by atoms with E-state index in [0.717, 1.165) is 35.0 Å². The Morgan fingerprint density at radius 3 is 2.64 bits per heavy atom. The number of aliphatic hydroxyl groups excluding tert-OH is 1. The van der Waals surface area contributed by atoms with Crippen molar-refractivity contribution < 1.29 is 28.6 Å². The van der Waals surface area contributed by atoms with Crippen LogP contribution in [0.3, 0.4) is 0 Å². The van der Waals surface area contributed by atoms with Gasteiger partial charge in [-0.3, -0.25) is 14.5 Å². The number of thiazole rings is 1. The zero-order valence-electron chi connectivity index (χ0n) is 22.3. The lowest BCUT2D eigenvalue weighted by molar-refractivity contribution is -0.117. The topological polar surface area (TPSA) is 102 Å². The average Bonchev–Trinajstić information content (AvgIpc) is 3.62. The van der Waals surface area contributed by atoms with Gasteiger partial charge in [-0.2, -0.15) is 0 Å². The lowest BCUT2D eigenvalue weighted by Gasteiger charge is -2.25. The van der Waals surface area contributed by atoms with E-state index < -0.39 is 23.5 Å². The number of anilines is 1. The zero-order valence-corrected chi connectivity index (χ0v) is 23.1. The van der Waals surface area contributed by atoms with Gasteiger partial charge < -0.3 is 19.0 Å². The number of aliphatic hydroxyl groups is 1. The molecule has 202 valence electrons. The van der Waals surface area contributed by atoms with Gasteiger partial charge in [0.25, 0.3) is 5.91 Å². The summed E-state index contributed by atoms with van der Waals surface area (Å²) in [7, 11) is 1.54. The number of hydrogen-bond donors (Lipinski definition) is 1. The van der Waals surface area contributed by atoms with Gasteiger partial charge in [0.05, 0.1) is 35.5 Å². The van der Waals surface area contributed by atoms with Crippen molar-refractivity contribution in [2.45, 2.75) is 46.1 Å². The molecule has 39 heavy (non-hydrogen) atoms. The van der Waals surface area contributed by atoms with E-state index in [-0.39, 0.29) is 11.3 Å². The Hall–Kier alpha value is -4.11. The minimum atomic E-state index is -0.958. The molecule has 0 fully saturated rings. The van der Waals surface area contributed by atoms with Gasteiger partial charge in [-0.1, -0.05) is 43.2 Å². The first kappa shape index (κ1) is 26.5. The van der Waals surface area contributed by atoms with Crippen LogP contribution in [0, 0.1) is 13.8 Å². The van der Waals surface area contributed by atoms with Crippen molar-refractivity contribution >= 4 is 38.4 Å². The molecule has 8 nitrogen and oxygen atoms in total. The van der Waals surface area contributed by atoms with Gasteiger partial charge in [-0.25, -0.2) is 4.98 Å². The third-order valence-corrected chi connectivity index (χ3v) is 7.68. The largest absolute Gasteiger partial charge is 0.503 e. The molecule has 2 aromatic heterocycles. The highest BCUT2D eigenvalue weighted by Gasteiger charge is 2.46. The molecular formula is C30H30N2O6S. The number of ketones is 1. The molecule has 0 spiro atoms. The summed E-state index contributed by atoms with van der Waals surface area (Å²) in [5.41, 5.74) is 2.27. The van der Waals surface area contributed by atoms with Crippen LogP contribution in [0.1, 0.15) is 59.7 Å². The molecule has 1 aliphatic heterocycles. The first-order valence-electron chi connectivity index (χ1n) is 12.9. The standard InChI is InChI=1S/C30H30N2O6S/c1-5-6-7-14-37-21-13-10-19(16-23(21)36-4)26-25(27(33)22-12-9-18(3)38-22)28(34)29(35)32(26)30-31-20-11-8-17(2)15-24(20)39-30/h8-13,15-16,26,34H,5-7,14H2,1-4H3. The number of Topliss-reactive ketones (excluding diaryl/α,β-unsaturated/α-hetero) is 1. The predicted molar refractivity (Wildman–Crippen MR) is 150 cm³/mol. The SMILES string of the molecule is CCCCCOc1ccc(C2C(C(=O)c3ccc(C)o3)=C(O)C(=O)N2c2nc3ccc(C)cc3s2)cc1OC. The Labute approximate surface area is 230 Å². The molecule has 1 amide bonds. The summed E-state index contributed by atoms with van der Waals surface area (Å²) in [6.07, 6.45) is 3.06. The van der Waals surface area contributed by atoms with Gasteiger partial charge >= 0.3 is 0 Å². The van der Waals surface area contributed by atoms with Gasteiger partial charge in [0.2, 0.25) is 5.78 Å². The number of rotatable bonds is 10. The Balaban J connectivity index is 1.61.